The number of hydrogen-bond acceptors (Lipinski definition) is 4. The Bertz CT molecular complexity index is 147. The zero-order valence-corrected chi connectivity index (χ0v) is 7.43. The second-order valence-corrected chi connectivity index (χ2v) is 2.03. The van der Waals surface area contributed by atoms with Gasteiger partial charge >= 0.3 is 0 Å². The van der Waals surface area contributed by atoms with Crippen LogP contribution in [0.25, 0.3) is 0 Å². The summed E-state index contributed by atoms with van der Waals surface area (Å²) in [6, 6.07) is 0. The minimum atomic E-state index is -0.219. The van der Waals surface area contributed by atoms with Crippen molar-refractivity contribution in [3.63, 3.8) is 0 Å². The first-order valence-electron chi connectivity index (χ1n) is 3.75. The fourth-order valence-corrected chi connectivity index (χ4v) is 0.730. The van der Waals surface area contributed by atoms with Crippen LogP contribution in [-0.2, 0) is 9.57 Å². The molecule has 0 aromatic carbocycles. The van der Waals surface area contributed by atoms with E-state index in [1.54, 1.807) is 5.06 Å². The van der Waals surface area contributed by atoms with Crippen LogP contribution in [0.1, 0.15) is 13.8 Å². The van der Waals surface area contributed by atoms with Crippen molar-refractivity contribution in [1.29, 1.82) is 0 Å². The van der Waals surface area contributed by atoms with Crippen LogP contribution < -0.4 is 0 Å². The maximum atomic E-state index is 8.33. The van der Waals surface area contributed by atoms with E-state index < -0.39 is 0 Å². The molecule has 4 heteroatoms. The van der Waals surface area contributed by atoms with Crippen LogP contribution in [0.4, 0.5) is 0 Å². The average Bonchev–Trinajstić information content (AvgIpc) is 2.06. The normalized spacial score (nSPS) is 13.2. The summed E-state index contributed by atoms with van der Waals surface area (Å²) < 4.78 is 5.04. The molecule has 1 unspecified atom stereocenters. The highest BCUT2D eigenvalue weighted by molar-refractivity contribution is 4.59. The monoisotopic (exact) mass is 173 g/mol. The average molecular weight is 173 g/mol. The largest absolute Gasteiger partial charge is 0.512 e. The molecule has 0 spiro atoms. The standard InChI is InChI=1S/C8H15NO3/c1-4-9(12-7-6-10)8(3)11-5-2/h5-8,10H,2,4H2,1,3H3/b7-6+. The van der Waals surface area contributed by atoms with Crippen molar-refractivity contribution in [2.75, 3.05) is 6.54 Å². The summed E-state index contributed by atoms with van der Waals surface area (Å²) >= 11 is 0. The molecule has 4 nitrogen and oxygen atoms in total. The lowest BCUT2D eigenvalue weighted by molar-refractivity contribution is -0.194. The fourth-order valence-electron chi connectivity index (χ4n) is 0.730. The third kappa shape index (κ3) is 3.88. The van der Waals surface area contributed by atoms with Gasteiger partial charge in [-0.3, -0.25) is 0 Å². The molecule has 0 saturated heterocycles. The highest BCUT2D eigenvalue weighted by Gasteiger charge is 2.10. The molecule has 1 atom stereocenters. The molecule has 70 valence electrons. The van der Waals surface area contributed by atoms with Gasteiger partial charge in [0.1, 0.15) is 12.5 Å². The number of ether oxygens (including phenoxy) is 1. The van der Waals surface area contributed by atoms with Gasteiger partial charge in [0.15, 0.2) is 6.23 Å². The third-order valence-electron chi connectivity index (χ3n) is 1.27. The Morgan fingerprint density at radius 2 is 2.33 bits per heavy atom. The van der Waals surface area contributed by atoms with Crippen LogP contribution in [-0.4, -0.2) is 22.9 Å². The van der Waals surface area contributed by atoms with Crippen LogP contribution in [0, 0.1) is 0 Å². The lowest BCUT2D eigenvalue weighted by Crippen LogP contribution is -2.32. The van der Waals surface area contributed by atoms with Gasteiger partial charge < -0.3 is 14.7 Å². The Hall–Kier alpha value is -1.16. The van der Waals surface area contributed by atoms with Gasteiger partial charge in [0.25, 0.3) is 0 Å². The summed E-state index contributed by atoms with van der Waals surface area (Å²) in [5.41, 5.74) is 0. The first-order valence-corrected chi connectivity index (χ1v) is 3.75. The number of hydroxylamine groups is 2. The number of rotatable bonds is 6. The van der Waals surface area contributed by atoms with Gasteiger partial charge in [0, 0.05) is 6.54 Å². The van der Waals surface area contributed by atoms with Gasteiger partial charge in [-0.2, -0.15) is 0 Å². The Kier molecular flexibility index (Phi) is 5.91. The topological polar surface area (TPSA) is 41.9 Å². The number of aliphatic hydroxyl groups excluding tert-OH is 1. The molecule has 0 amide bonds. The van der Waals surface area contributed by atoms with E-state index in [1.165, 1.54) is 12.5 Å². The van der Waals surface area contributed by atoms with Crippen molar-refractivity contribution >= 4 is 0 Å². The summed E-state index contributed by atoms with van der Waals surface area (Å²) in [5, 5.41) is 9.88. The summed E-state index contributed by atoms with van der Waals surface area (Å²) in [6.45, 7) is 7.80. The SMILES string of the molecule is C=COC(C)N(CC)O/C=C/O. The van der Waals surface area contributed by atoms with Gasteiger partial charge in [0.2, 0.25) is 0 Å². The van der Waals surface area contributed by atoms with Gasteiger partial charge in [-0.15, -0.1) is 5.06 Å². The van der Waals surface area contributed by atoms with Gasteiger partial charge in [-0.25, -0.2) is 0 Å². The summed E-state index contributed by atoms with van der Waals surface area (Å²) in [4.78, 5) is 4.98. The number of aliphatic hydroxyl groups is 1. The maximum absolute atomic E-state index is 8.33. The van der Waals surface area contributed by atoms with Crippen LogP contribution >= 0.6 is 0 Å². The highest BCUT2D eigenvalue weighted by Crippen LogP contribution is 2.01. The van der Waals surface area contributed by atoms with Gasteiger partial charge in [0.05, 0.1) is 6.26 Å². The third-order valence-corrected chi connectivity index (χ3v) is 1.27. The Balaban J connectivity index is 3.85. The molecule has 0 fully saturated rings. The highest BCUT2D eigenvalue weighted by atomic mass is 16.7. The molecule has 12 heavy (non-hydrogen) atoms. The predicted octanol–water partition coefficient (Wildman–Crippen LogP) is 1.78. The van der Waals surface area contributed by atoms with E-state index >= 15 is 0 Å². The van der Waals surface area contributed by atoms with E-state index in [1.807, 2.05) is 13.8 Å². The lowest BCUT2D eigenvalue weighted by Gasteiger charge is -2.24. The molecule has 0 heterocycles. The summed E-state index contributed by atoms with van der Waals surface area (Å²) in [7, 11) is 0. The lowest BCUT2D eigenvalue weighted by atomic mass is 10.6. The van der Waals surface area contributed by atoms with E-state index in [9.17, 15) is 0 Å². The summed E-state index contributed by atoms with van der Waals surface area (Å²) in [5.74, 6) is 0. The zero-order valence-electron chi connectivity index (χ0n) is 7.43. The molecule has 0 aromatic heterocycles. The first kappa shape index (κ1) is 10.8. The molecule has 0 radical (unpaired) electrons. The minimum Gasteiger partial charge on any atom is -0.512 e. The molecule has 0 aliphatic carbocycles. The van der Waals surface area contributed by atoms with Crippen LogP contribution in [0.3, 0.4) is 0 Å². The molecule has 0 bridgehead atoms. The van der Waals surface area contributed by atoms with Crippen molar-refractivity contribution in [2.24, 2.45) is 0 Å². The minimum absolute atomic E-state index is 0.219. The molecular formula is C8H15NO3. The molecule has 0 rings (SSSR count). The fraction of sp³-hybridized carbons (Fsp3) is 0.500. The van der Waals surface area contributed by atoms with Crippen molar-refractivity contribution in [2.45, 2.75) is 20.1 Å². The Labute approximate surface area is 72.6 Å². The van der Waals surface area contributed by atoms with Crippen molar-refractivity contribution in [3.8, 4) is 0 Å². The van der Waals surface area contributed by atoms with E-state index in [4.69, 9.17) is 14.7 Å². The second-order valence-electron chi connectivity index (χ2n) is 2.03. The number of hydrogen-bond donors (Lipinski definition) is 1. The van der Waals surface area contributed by atoms with Crippen molar-refractivity contribution < 1.29 is 14.7 Å². The molecule has 0 aliphatic rings. The summed E-state index contributed by atoms with van der Waals surface area (Å²) in [6.07, 6.45) is 3.12. The maximum Gasteiger partial charge on any atom is 0.180 e. The van der Waals surface area contributed by atoms with Crippen LogP contribution in [0.2, 0.25) is 0 Å². The molecule has 0 aliphatic heterocycles. The van der Waals surface area contributed by atoms with Crippen molar-refractivity contribution in [3.05, 3.63) is 25.4 Å². The Morgan fingerprint density at radius 1 is 1.67 bits per heavy atom. The molecule has 0 aromatic rings. The smallest absolute Gasteiger partial charge is 0.180 e. The predicted molar refractivity (Wildman–Crippen MR) is 46.0 cm³/mol. The zero-order chi connectivity index (χ0) is 9.40. The quantitative estimate of drug-likeness (QED) is 0.377. The van der Waals surface area contributed by atoms with Crippen LogP contribution in [0.5, 0.6) is 0 Å². The number of nitrogens with zero attached hydrogens (tertiary/aromatic N) is 1. The van der Waals surface area contributed by atoms with E-state index in [2.05, 4.69) is 6.58 Å². The van der Waals surface area contributed by atoms with E-state index in [-0.39, 0.29) is 6.23 Å². The molecule has 1 N–H and O–H groups in total. The molecular weight excluding hydrogens is 158 g/mol. The first-order chi connectivity index (χ1) is 5.76. The van der Waals surface area contributed by atoms with E-state index in [0.29, 0.717) is 6.54 Å². The Morgan fingerprint density at radius 3 is 2.75 bits per heavy atom. The second kappa shape index (κ2) is 6.54. The van der Waals surface area contributed by atoms with Gasteiger partial charge in [-0.1, -0.05) is 6.58 Å². The van der Waals surface area contributed by atoms with E-state index in [0.717, 1.165) is 6.26 Å². The van der Waals surface area contributed by atoms with Crippen molar-refractivity contribution in [1.82, 2.24) is 5.06 Å². The van der Waals surface area contributed by atoms with Crippen LogP contribution in [0.15, 0.2) is 25.4 Å². The van der Waals surface area contributed by atoms with Gasteiger partial charge in [-0.05, 0) is 13.8 Å². The molecule has 0 saturated carbocycles.